The molecular formula is C28H37N3O5. The van der Waals surface area contributed by atoms with Gasteiger partial charge in [0.05, 0.1) is 37.1 Å². The van der Waals surface area contributed by atoms with Gasteiger partial charge in [-0.25, -0.2) is 9.59 Å². The van der Waals surface area contributed by atoms with Gasteiger partial charge in [0.1, 0.15) is 11.5 Å². The summed E-state index contributed by atoms with van der Waals surface area (Å²) < 4.78 is 16.9. The average molecular weight is 496 g/mol. The van der Waals surface area contributed by atoms with Crippen LogP contribution in [-0.2, 0) is 16.1 Å². The molecule has 2 aliphatic rings. The summed E-state index contributed by atoms with van der Waals surface area (Å²) in [4.78, 5) is 28.4. The maximum absolute atomic E-state index is 13.3. The fraction of sp³-hybridized carbons (Fsp3) is 0.500. The largest absolute Gasteiger partial charge is 0.491 e. The van der Waals surface area contributed by atoms with E-state index in [1.807, 2.05) is 50.2 Å². The zero-order valence-corrected chi connectivity index (χ0v) is 21.4. The van der Waals surface area contributed by atoms with Gasteiger partial charge in [-0.3, -0.25) is 4.90 Å². The molecule has 1 atom stereocenters. The smallest absolute Gasteiger partial charge is 0.338 e. The standard InChI is InChI=1S/C28H37N3O5/c1-4-34-27(32)25-24(18-31(17-23-11-8-16-35-23)21-9-6-5-7-10-21)29-28(33)30-26(25)20-12-14-22(15-13-20)36-19(2)3/h8,11-16,19,21,26H,4-7,9-10,17-18H2,1-3H3,(H2,29,30,33). The Morgan fingerprint density at radius 3 is 2.50 bits per heavy atom. The Labute approximate surface area is 213 Å². The summed E-state index contributed by atoms with van der Waals surface area (Å²) >= 11 is 0. The van der Waals surface area contributed by atoms with E-state index in [0.29, 0.717) is 30.4 Å². The molecule has 2 N–H and O–H groups in total. The fourth-order valence-corrected chi connectivity index (χ4v) is 5.02. The van der Waals surface area contributed by atoms with Gasteiger partial charge in [0.2, 0.25) is 0 Å². The molecule has 4 rings (SSSR count). The van der Waals surface area contributed by atoms with Gasteiger partial charge < -0.3 is 24.5 Å². The van der Waals surface area contributed by atoms with Crippen LogP contribution in [0.25, 0.3) is 0 Å². The van der Waals surface area contributed by atoms with Gasteiger partial charge in [-0.15, -0.1) is 0 Å². The molecule has 36 heavy (non-hydrogen) atoms. The molecule has 8 heteroatoms. The second kappa shape index (κ2) is 12.1. The number of rotatable bonds is 10. The highest BCUT2D eigenvalue weighted by molar-refractivity contribution is 5.95. The van der Waals surface area contributed by atoms with Crippen LogP contribution in [0.4, 0.5) is 4.79 Å². The lowest BCUT2D eigenvalue weighted by Crippen LogP contribution is -2.49. The number of carbonyl (C=O) groups is 2. The summed E-state index contributed by atoms with van der Waals surface area (Å²) in [6.07, 6.45) is 7.46. The topological polar surface area (TPSA) is 93.0 Å². The van der Waals surface area contributed by atoms with Crippen molar-refractivity contribution in [3.63, 3.8) is 0 Å². The van der Waals surface area contributed by atoms with Gasteiger partial charge >= 0.3 is 12.0 Å². The summed E-state index contributed by atoms with van der Waals surface area (Å²) in [5, 5.41) is 5.85. The van der Waals surface area contributed by atoms with Crippen molar-refractivity contribution < 1.29 is 23.5 Å². The van der Waals surface area contributed by atoms with Crippen LogP contribution < -0.4 is 15.4 Å². The molecule has 1 aromatic carbocycles. The predicted octanol–water partition coefficient (Wildman–Crippen LogP) is 5.07. The van der Waals surface area contributed by atoms with Gasteiger partial charge in [-0.1, -0.05) is 31.4 Å². The average Bonchev–Trinajstić information content (AvgIpc) is 3.37. The highest BCUT2D eigenvalue weighted by atomic mass is 16.5. The fourth-order valence-electron chi connectivity index (χ4n) is 5.02. The number of carbonyl (C=O) groups excluding carboxylic acids is 2. The third-order valence-corrected chi connectivity index (χ3v) is 6.63. The van der Waals surface area contributed by atoms with Gasteiger partial charge in [-0.2, -0.15) is 0 Å². The van der Waals surface area contributed by atoms with Crippen LogP contribution in [0.15, 0.2) is 58.3 Å². The highest BCUT2D eigenvalue weighted by Crippen LogP contribution is 2.31. The van der Waals surface area contributed by atoms with Crippen molar-refractivity contribution in [2.45, 2.75) is 77.6 Å². The molecule has 2 aromatic rings. The van der Waals surface area contributed by atoms with E-state index in [2.05, 4.69) is 15.5 Å². The number of furan rings is 1. The lowest BCUT2D eigenvalue weighted by atomic mass is 9.92. The van der Waals surface area contributed by atoms with Gasteiger partial charge in [-0.05, 0) is 63.4 Å². The first kappa shape index (κ1) is 25.8. The molecule has 0 spiro atoms. The van der Waals surface area contributed by atoms with E-state index < -0.39 is 12.0 Å². The van der Waals surface area contributed by atoms with Crippen LogP contribution in [0, 0.1) is 0 Å². The van der Waals surface area contributed by atoms with E-state index in [9.17, 15) is 9.59 Å². The van der Waals surface area contributed by atoms with Crippen molar-refractivity contribution in [1.29, 1.82) is 0 Å². The molecule has 1 aromatic heterocycles. The Bertz CT molecular complexity index is 1040. The number of nitrogens with one attached hydrogen (secondary N) is 2. The molecule has 1 fully saturated rings. The molecule has 1 aliphatic heterocycles. The molecule has 0 bridgehead atoms. The van der Waals surface area contributed by atoms with Crippen molar-refractivity contribution in [2.24, 2.45) is 0 Å². The second-order valence-corrected chi connectivity index (χ2v) is 9.66. The molecule has 2 amide bonds. The number of urea groups is 1. The molecule has 0 saturated heterocycles. The van der Waals surface area contributed by atoms with Gasteiger partial charge in [0.15, 0.2) is 0 Å². The number of hydrogen-bond acceptors (Lipinski definition) is 6. The minimum absolute atomic E-state index is 0.0518. The summed E-state index contributed by atoms with van der Waals surface area (Å²) in [6.45, 7) is 6.98. The molecule has 2 heterocycles. The molecule has 0 radical (unpaired) electrons. The molecule has 1 unspecified atom stereocenters. The summed E-state index contributed by atoms with van der Waals surface area (Å²) in [6, 6.07) is 10.7. The third-order valence-electron chi connectivity index (χ3n) is 6.63. The monoisotopic (exact) mass is 495 g/mol. The van der Waals surface area contributed by atoms with Crippen LogP contribution in [0.5, 0.6) is 5.75 Å². The Kier molecular flexibility index (Phi) is 8.70. The van der Waals surface area contributed by atoms with Crippen molar-refractivity contribution >= 4 is 12.0 Å². The van der Waals surface area contributed by atoms with E-state index in [0.717, 1.165) is 29.9 Å². The molecule has 1 saturated carbocycles. The SMILES string of the molecule is CCOC(=O)C1=C(CN(Cc2ccco2)C2CCCCC2)NC(=O)NC1c1ccc(OC(C)C)cc1. The maximum atomic E-state index is 13.3. The Morgan fingerprint density at radius 1 is 1.11 bits per heavy atom. The van der Waals surface area contributed by atoms with E-state index in [1.165, 1.54) is 19.3 Å². The zero-order chi connectivity index (χ0) is 25.5. The normalized spacial score (nSPS) is 18.8. The van der Waals surface area contributed by atoms with E-state index in [1.54, 1.807) is 13.2 Å². The molecule has 8 nitrogen and oxygen atoms in total. The third kappa shape index (κ3) is 6.49. The number of benzene rings is 1. The van der Waals surface area contributed by atoms with Crippen LogP contribution in [0.2, 0.25) is 0 Å². The van der Waals surface area contributed by atoms with Crippen molar-refractivity contribution in [3.05, 3.63) is 65.3 Å². The zero-order valence-electron chi connectivity index (χ0n) is 21.4. The number of nitrogens with zero attached hydrogens (tertiary/aromatic N) is 1. The molecular weight excluding hydrogens is 458 g/mol. The minimum Gasteiger partial charge on any atom is -0.491 e. The number of ether oxygens (including phenoxy) is 2. The molecule has 1 aliphatic carbocycles. The van der Waals surface area contributed by atoms with Crippen LogP contribution in [-0.4, -0.2) is 42.2 Å². The summed E-state index contributed by atoms with van der Waals surface area (Å²) in [7, 11) is 0. The second-order valence-electron chi connectivity index (χ2n) is 9.66. The molecule has 194 valence electrons. The number of hydrogen-bond donors (Lipinski definition) is 2. The van der Waals surface area contributed by atoms with Crippen molar-refractivity contribution in [1.82, 2.24) is 15.5 Å². The Hall–Kier alpha value is -3.26. The predicted molar refractivity (Wildman–Crippen MR) is 136 cm³/mol. The maximum Gasteiger partial charge on any atom is 0.338 e. The Morgan fingerprint density at radius 2 is 1.86 bits per heavy atom. The summed E-state index contributed by atoms with van der Waals surface area (Å²) in [5.41, 5.74) is 1.79. The van der Waals surface area contributed by atoms with E-state index in [-0.39, 0.29) is 18.7 Å². The minimum atomic E-state index is -0.627. The highest BCUT2D eigenvalue weighted by Gasteiger charge is 2.35. The van der Waals surface area contributed by atoms with Crippen molar-refractivity contribution in [3.8, 4) is 5.75 Å². The number of esters is 1. The lowest BCUT2D eigenvalue weighted by molar-refractivity contribution is -0.139. The van der Waals surface area contributed by atoms with E-state index in [4.69, 9.17) is 13.9 Å². The van der Waals surface area contributed by atoms with E-state index >= 15 is 0 Å². The van der Waals surface area contributed by atoms with Crippen molar-refractivity contribution in [2.75, 3.05) is 13.2 Å². The Balaban J connectivity index is 1.68. The van der Waals surface area contributed by atoms with Crippen LogP contribution in [0.3, 0.4) is 0 Å². The first-order chi connectivity index (χ1) is 17.4. The first-order valence-electron chi connectivity index (χ1n) is 12.9. The first-order valence-corrected chi connectivity index (χ1v) is 12.9. The summed E-state index contributed by atoms with van der Waals surface area (Å²) in [5.74, 6) is 1.16. The van der Waals surface area contributed by atoms with Gasteiger partial charge in [0, 0.05) is 18.3 Å². The van der Waals surface area contributed by atoms with Crippen LogP contribution in [0.1, 0.15) is 70.2 Å². The van der Waals surface area contributed by atoms with Crippen LogP contribution >= 0.6 is 0 Å². The lowest BCUT2D eigenvalue weighted by Gasteiger charge is -2.37. The number of amides is 2. The quantitative estimate of drug-likeness (QED) is 0.447. The van der Waals surface area contributed by atoms with Gasteiger partial charge in [0.25, 0.3) is 0 Å².